The number of methoxy groups -OCH3 is 1. The summed E-state index contributed by atoms with van der Waals surface area (Å²) in [6.45, 7) is 10.3. The highest BCUT2D eigenvalue weighted by Gasteiger charge is 2.43. The molecule has 1 aliphatic rings. The molecule has 170 valence electrons. The normalized spacial score (nSPS) is 19.8. The van der Waals surface area contributed by atoms with Crippen molar-refractivity contribution in [3.63, 3.8) is 0 Å². The van der Waals surface area contributed by atoms with E-state index < -0.39 is 18.2 Å². The Balaban J connectivity index is 2.16. The van der Waals surface area contributed by atoms with Crippen LogP contribution in [0.5, 0.6) is 5.75 Å². The maximum atomic E-state index is 13.4. The van der Waals surface area contributed by atoms with Gasteiger partial charge in [0.25, 0.3) is 0 Å². The standard InChI is InChI=1S/C24H35N3O4/c1-8-16-9-10-17(20(11-16)31-7)13-25-22(29)19-12-18(28)14-27(19)23(30)21(24(4,5)6)26-15(2)3/h1,9-11,15,18-19,21,26,28H,12-14H2,2-7H3,(H,25,29)/t18-,19+,21-/m1/s1. The van der Waals surface area contributed by atoms with Crippen molar-refractivity contribution in [3.05, 3.63) is 29.3 Å². The molecule has 0 bridgehead atoms. The minimum Gasteiger partial charge on any atom is -0.496 e. The lowest BCUT2D eigenvalue weighted by molar-refractivity contribution is -0.142. The third-order valence-electron chi connectivity index (χ3n) is 5.38. The predicted molar refractivity (Wildman–Crippen MR) is 120 cm³/mol. The fraction of sp³-hybridized carbons (Fsp3) is 0.583. The van der Waals surface area contributed by atoms with Crippen LogP contribution >= 0.6 is 0 Å². The van der Waals surface area contributed by atoms with Crippen LogP contribution < -0.4 is 15.4 Å². The summed E-state index contributed by atoms with van der Waals surface area (Å²) in [7, 11) is 1.54. The number of ether oxygens (including phenoxy) is 1. The molecule has 0 radical (unpaired) electrons. The molecule has 7 nitrogen and oxygen atoms in total. The Morgan fingerprint density at radius 3 is 2.58 bits per heavy atom. The van der Waals surface area contributed by atoms with E-state index in [0.717, 1.165) is 5.56 Å². The monoisotopic (exact) mass is 429 g/mol. The molecule has 0 saturated carbocycles. The largest absolute Gasteiger partial charge is 0.496 e. The molecule has 2 amide bonds. The second-order valence-electron chi connectivity index (χ2n) is 9.41. The van der Waals surface area contributed by atoms with Crippen molar-refractivity contribution in [2.45, 2.75) is 71.8 Å². The molecule has 0 aliphatic carbocycles. The highest BCUT2D eigenvalue weighted by molar-refractivity contribution is 5.91. The molecule has 3 atom stereocenters. The summed E-state index contributed by atoms with van der Waals surface area (Å²) in [5.41, 5.74) is 1.12. The highest BCUT2D eigenvalue weighted by atomic mass is 16.5. The SMILES string of the molecule is C#Cc1ccc(CNC(=O)[C@@H]2C[C@@H](O)CN2C(=O)[C@@H](NC(C)C)C(C)(C)C)c(OC)c1. The molecule has 3 N–H and O–H groups in total. The highest BCUT2D eigenvalue weighted by Crippen LogP contribution is 2.27. The van der Waals surface area contributed by atoms with E-state index in [0.29, 0.717) is 11.3 Å². The lowest BCUT2D eigenvalue weighted by Crippen LogP contribution is -2.57. The number of amides is 2. The van der Waals surface area contributed by atoms with Crippen molar-refractivity contribution in [1.82, 2.24) is 15.5 Å². The third-order valence-corrected chi connectivity index (χ3v) is 5.38. The number of terminal acetylenes is 1. The van der Waals surface area contributed by atoms with Gasteiger partial charge in [-0.05, 0) is 17.5 Å². The van der Waals surface area contributed by atoms with Crippen LogP contribution in [0.15, 0.2) is 18.2 Å². The minimum atomic E-state index is -0.733. The number of rotatable bonds is 7. The summed E-state index contributed by atoms with van der Waals surface area (Å²) in [6.07, 6.45) is 4.91. The Hall–Kier alpha value is -2.56. The van der Waals surface area contributed by atoms with Gasteiger partial charge in [0.1, 0.15) is 11.8 Å². The summed E-state index contributed by atoms with van der Waals surface area (Å²) in [4.78, 5) is 27.9. The van der Waals surface area contributed by atoms with Crippen molar-refractivity contribution in [3.8, 4) is 18.1 Å². The molecule has 0 unspecified atom stereocenters. The number of carbonyl (C=O) groups is 2. The molecule has 1 aromatic carbocycles. The number of carbonyl (C=O) groups excluding carboxylic acids is 2. The first-order valence-corrected chi connectivity index (χ1v) is 10.6. The van der Waals surface area contributed by atoms with Gasteiger partial charge in [-0.1, -0.05) is 46.6 Å². The van der Waals surface area contributed by atoms with E-state index in [4.69, 9.17) is 11.2 Å². The Morgan fingerprint density at radius 1 is 1.35 bits per heavy atom. The zero-order valence-electron chi connectivity index (χ0n) is 19.4. The average molecular weight is 430 g/mol. The first-order chi connectivity index (χ1) is 14.5. The van der Waals surface area contributed by atoms with Crippen LogP contribution in [0.1, 0.15) is 52.2 Å². The number of nitrogens with zero attached hydrogens (tertiary/aromatic N) is 1. The summed E-state index contributed by atoms with van der Waals surface area (Å²) in [5, 5.41) is 16.4. The van der Waals surface area contributed by atoms with Crippen molar-refractivity contribution in [2.24, 2.45) is 5.41 Å². The molecular weight excluding hydrogens is 394 g/mol. The average Bonchev–Trinajstić information content (AvgIpc) is 3.10. The Kier molecular flexibility index (Phi) is 8.10. The molecule has 7 heteroatoms. The molecule has 1 heterocycles. The van der Waals surface area contributed by atoms with E-state index in [2.05, 4.69) is 16.6 Å². The van der Waals surface area contributed by atoms with Gasteiger partial charge in [-0.3, -0.25) is 9.59 Å². The second kappa shape index (κ2) is 10.2. The number of aliphatic hydroxyl groups is 1. The molecule has 2 rings (SSSR count). The fourth-order valence-electron chi connectivity index (χ4n) is 3.78. The number of nitrogens with one attached hydrogen (secondary N) is 2. The van der Waals surface area contributed by atoms with Gasteiger partial charge in [0.15, 0.2) is 0 Å². The van der Waals surface area contributed by atoms with Gasteiger partial charge in [0, 0.05) is 36.7 Å². The molecule has 1 aliphatic heterocycles. The van der Waals surface area contributed by atoms with Crippen LogP contribution in [-0.4, -0.2) is 59.7 Å². The molecule has 1 aromatic rings. The number of benzene rings is 1. The maximum Gasteiger partial charge on any atom is 0.243 e. The van der Waals surface area contributed by atoms with Crippen molar-refractivity contribution < 1.29 is 19.4 Å². The summed E-state index contributed by atoms with van der Waals surface area (Å²) < 4.78 is 5.37. The van der Waals surface area contributed by atoms with Gasteiger partial charge in [-0.2, -0.15) is 0 Å². The smallest absolute Gasteiger partial charge is 0.243 e. The van der Waals surface area contributed by atoms with Gasteiger partial charge < -0.3 is 25.4 Å². The van der Waals surface area contributed by atoms with E-state index in [1.165, 1.54) is 4.90 Å². The molecule has 0 spiro atoms. The lowest BCUT2D eigenvalue weighted by Gasteiger charge is -2.36. The number of β-amino-alcohol motifs (C(OH)–C–C–N with tert-alkyl or cyclic N) is 1. The van der Waals surface area contributed by atoms with Crippen LogP contribution in [0.3, 0.4) is 0 Å². The van der Waals surface area contributed by atoms with Gasteiger partial charge in [-0.25, -0.2) is 0 Å². The van der Waals surface area contributed by atoms with E-state index in [1.807, 2.05) is 40.7 Å². The van der Waals surface area contributed by atoms with Crippen LogP contribution in [0.4, 0.5) is 0 Å². The Labute approximate surface area is 185 Å². The Morgan fingerprint density at radius 2 is 2.03 bits per heavy atom. The van der Waals surface area contributed by atoms with Crippen LogP contribution in [0.25, 0.3) is 0 Å². The van der Waals surface area contributed by atoms with Gasteiger partial charge in [0.05, 0.1) is 19.3 Å². The Bertz CT molecular complexity index is 838. The molecule has 1 saturated heterocycles. The van der Waals surface area contributed by atoms with E-state index in [9.17, 15) is 14.7 Å². The van der Waals surface area contributed by atoms with E-state index in [1.54, 1.807) is 19.2 Å². The zero-order valence-corrected chi connectivity index (χ0v) is 19.4. The van der Waals surface area contributed by atoms with E-state index >= 15 is 0 Å². The van der Waals surface area contributed by atoms with Crippen molar-refractivity contribution >= 4 is 11.8 Å². The van der Waals surface area contributed by atoms with Gasteiger partial charge in [0.2, 0.25) is 11.8 Å². The summed E-state index contributed by atoms with van der Waals surface area (Å²) >= 11 is 0. The van der Waals surface area contributed by atoms with Crippen LogP contribution in [0.2, 0.25) is 0 Å². The fourth-order valence-corrected chi connectivity index (χ4v) is 3.78. The van der Waals surface area contributed by atoms with Gasteiger partial charge in [-0.15, -0.1) is 6.42 Å². The van der Waals surface area contributed by atoms with Crippen LogP contribution in [0, 0.1) is 17.8 Å². The molecule has 31 heavy (non-hydrogen) atoms. The first-order valence-electron chi connectivity index (χ1n) is 10.6. The zero-order chi connectivity index (χ0) is 23.3. The predicted octanol–water partition coefficient (Wildman–Crippen LogP) is 1.67. The summed E-state index contributed by atoms with van der Waals surface area (Å²) in [5.74, 6) is 2.67. The van der Waals surface area contributed by atoms with Gasteiger partial charge >= 0.3 is 0 Å². The molecule has 0 aromatic heterocycles. The number of hydrogen-bond donors (Lipinski definition) is 3. The van der Waals surface area contributed by atoms with E-state index in [-0.39, 0.29) is 42.8 Å². The topological polar surface area (TPSA) is 90.9 Å². The lowest BCUT2D eigenvalue weighted by atomic mass is 9.85. The van der Waals surface area contributed by atoms with Crippen LogP contribution in [-0.2, 0) is 16.1 Å². The number of likely N-dealkylation sites (tertiary alicyclic amines) is 1. The molecule has 1 fully saturated rings. The maximum absolute atomic E-state index is 13.4. The third kappa shape index (κ3) is 6.22. The second-order valence-corrected chi connectivity index (χ2v) is 9.41. The van der Waals surface area contributed by atoms with Crippen molar-refractivity contribution in [2.75, 3.05) is 13.7 Å². The number of aliphatic hydroxyl groups excluding tert-OH is 1. The molecular formula is C24H35N3O4. The summed E-state index contributed by atoms with van der Waals surface area (Å²) in [6, 6.07) is 4.24. The van der Waals surface area contributed by atoms with Crippen molar-refractivity contribution in [1.29, 1.82) is 0 Å². The first kappa shape index (κ1) is 24.7. The quantitative estimate of drug-likeness (QED) is 0.574. The number of hydrogen-bond acceptors (Lipinski definition) is 5. The minimum absolute atomic E-state index is 0.103.